The summed E-state index contributed by atoms with van der Waals surface area (Å²) in [6, 6.07) is 26.9. The van der Waals surface area contributed by atoms with Gasteiger partial charge in [-0.25, -0.2) is 13.8 Å². The highest BCUT2D eigenvalue weighted by Crippen LogP contribution is 2.72. The first-order valence-electron chi connectivity index (χ1n) is 13.4. The Morgan fingerprint density at radius 1 is 0.907 bits per heavy atom. The lowest BCUT2D eigenvalue weighted by Crippen LogP contribution is -2.39. The first-order chi connectivity index (χ1) is 20.7. The van der Waals surface area contributed by atoms with Crippen molar-refractivity contribution in [2.24, 2.45) is 0 Å². The standard InChI is InChI=1S/C30H30N3O7PS2/c1-35-22-12-8-20(9-13-22)30(19-6-4-3-5-7-19,21-10-14-23(36-2)15-11-21)37-18-24-26-27(40-41(42,43)39-26)28(38-24)33-17-16-25(31)32-29(33)34/h3-17,24,26-28H,18H2,1-2H3,(H,42,43)(H2,31,32,34)/t24-,26-,27-,28-/m1/s1. The molecule has 0 amide bonds. The molecular formula is C30H30N3O7PS2. The molecule has 0 saturated carbocycles. The number of nitrogen functional groups attached to an aromatic ring is 1. The molecule has 0 aliphatic carbocycles. The van der Waals surface area contributed by atoms with Crippen molar-refractivity contribution in [3.8, 4) is 11.5 Å². The molecule has 13 heteroatoms. The zero-order valence-electron chi connectivity index (χ0n) is 23.3. The Balaban J connectivity index is 1.42. The highest BCUT2D eigenvalue weighted by Gasteiger charge is 2.60. The van der Waals surface area contributed by atoms with E-state index >= 15 is 0 Å². The van der Waals surface area contributed by atoms with Crippen molar-refractivity contribution in [1.29, 1.82) is 0 Å². The average molecular weight is 640 g/mol. The van der Waals surface area contributed by atoms with Gasteiger partial charge in [-0.1, -0.05) is 54.6 Å². The number of methoxy groups -OCH3 is 2. The number of aromatic nitrogens is 2. The van der Waals surface area contributed by atoms with Crippen LogP contribution in [-0.4, -0.2) is 48.7 Å². The van der Waals surface area contributed by atoms with Crippen LogP contribution in [0, 0.1) is 0 Å². The molecule has 6 rings (SSSR count). The number of benzene rings is 3. The molecule has 2 fully saturated rings. The predicted octanol–water partition coefficient (Wildman–Crippen LogP) is 4.69. The minimum Gasteiger partial charge on any atom is -0.497 e. The average Bonchev–Trinajstić information content (AvgIpc) is 3.51. The summed E-state index contributed by atoms with van der Waals surface area (Å²) in [4.78, 5) is 16.6. The van der Waals surface area contributed by atoms with Crippen LogP contribution in [0.5, 0.6) is 11.5 Å². The lowest BCUT2D eigenvalue weighted by atomic mass is 9.80. The van der Waals surface area contributed by atoms with Gasteiger partial charge in [-0.15, -0.1) is 0 Å². The monoisotopic (exact) mass is 639 g/mol. The highest BCUT2D eigenvalue weighted by molar-refractivity contribution is 8.76. The highest BCUT2D eigenvalue weighted by atomic mass is 33.1. The Labute approximate surface area is 259 Å². The summed E-state index contributed by atoms with van der Waals surface area (Å²) in [6.07, 6.45) is -4.26. The number of rotatable bonds is 9. The van der Waals surface area contributed by atoms with E-state index in [0.29, 0.717) is 11.5 Å². The SMILES string of the molecule is COc1ccc(C(OC[C@H]2O[C@@H](n3ccc(N)nc3=O)[C@@H]3O[P+]([S-])(S)O[C@@H]32)(c2ccccc2)c2ccc(OC)cc2)cc1. The number of ether oxygens (including phenoxy) is 4. The Hall–Kier alpha value is -3.09. The van der Waals surface area contributed by atoms with Gasteiger partial charge in [0.05, 0.1) is 20.8 Å². The van der Waals surface area contributed by atoms with Crippen molar-refractivity contribution >= 4 is 36.4 Å². The van der Waals surface area contributed by atoms with E-state index in [1.165, 1.54) is 16.8 Å². The van der Waals surface area contributed by atoms with Crippen LogP contribution < -0.4 is 20.9 Å². The fourth-order valence-corrected chi connectivity index (χ4v) is 7.93. The van der Waals surface area contributed by atoms with Crippen LogP contribution >= 0.6 is 18.4 Å². The molecule has 2 N–H and O–H groups in total. The van der Waals surface area contributed by atoms with Crippen molar-refractivity contribution in [1.82, 2.24) is 9.55 Å². The quantitative estimate of drug-likeness (QED) is 0.116. The van der Waals surface area contributed by atoms with Crippen molar-refractivity contribution in [2.75, 3.05) is 26.6 Å². The maximum Gasteiger partial charge on any atom is 0.351 e. The number of nitrogens with two attached hydrogens (primary N) is 1. The molecule has 3 heterocycles. The molecule has 0 radical (unpaired) electrons. The molecule has 4 aromatic rings. The second-order valence-corrected chi connectivity index (χ2v) is 15.2. The van der Waals surface area contributed by atoms with Crippen LogP contribution in [0.25, 0.3) is 0 Å². The normalized spacial score (nSPS) is 24.9. The zero-order valence-corrected chi connectivity index (χ0v) is 25.9. The summed E-state index contributed by atoms with van der Waals surface area (Å²) >= 11 is 9.96. The largest absolute Gasteiger partial charge is 0.497 e. The smallest absolute Gasteiger partial charge is 0.351 e. The third-order valence-electron chi connectivity index (χ3n) is 7.56. The summed E-state index contributed by atoms with van der Waals surface area (Å²) < 4.78 is 37.8. The molecule has 43 heavy (non-hydrogen) atoms. The van der Waals surface area contributed by atoms with Crippen LogP contribution in [0.1, 0.15) is 22.9 Å². The number of hydrogen-bond acceptors (Lipinski definition) is 11. The minimum atomic E-state index is -2.89. The second-order valence-electron chi connectivity index (χ2n) is 10.0. The lowest BCUT2D eigenvalue weighted by Gasteiger charge is -2.37. The molecule has 10 nitrogen and oxygen atoms in total. The van der Waals surface area contributed by atoms with E-state index in [-0.39, 0.29) is 12.4 Å². The molecule has 0 spiro atoms. The summed E-state index contributed by atoms with van der Waals surface area (Å²) in [5.74, 6) is 1.53. The molecule has 2 aliphatic heterocycles. The van der Waals surface area contributed by atoms with E-state index in [1.807, 2.05) is 78.9 Å². The van der Waals surface area contributed by atoms with Gasteiger partial charge in [0, 0.05) is 18.4 Å². The maximum atomic E-state index is 12.8. The first-order valence-corrected chi connectivity index (χ1v) is 17.2. The molecule has 1 unspecified atom stereocenters. The Morgan fingerprint density at radius 3 is 2.02 bits per heavy atom. The molecular weight excluding hydrogens is 609 g/mol. The summed E-state index contributed by atoms with van der Waals surface area (Å²) in [5.41, 5.74) is 6.66. The van der Waals surface area contributed by atoms with Crippen molar-refractivity contribution in [3.05, 3.63) is 118 Å². The van der Waals surface area contributed by atoms with Gasteiger partial charge in [-0.05, 0) is 47.0 Å². The van der Waals surface area contributed by atoms with Gasteiger partial charge in [-0.3, -0.25) is 4.57 Å². The second kappa shape index (κ2) is 12.1. The van der Waals surface area contributed by atoms with E-state index < -0.39 is 42.0 Å². The van der Waals surface area contributed by atoms with E-state index in [1.54, 1.807) is 14.2 Å². The van der Waals surface area contributed by atoms with E-state index in [0.717, 1.165) is 16.7 Å². The molecule has 5 atom stereocenters. The third kappa shape index (κ3) is 5.76. The minimum absolute atomic E-state index is 0.0498. The Morgan fingerprint density at radius 2 is 1.47 bits per heavy atom. The molecule has 2 aliphatic rings. The fraction of sp³-hybridized carbons (Fsp3) is 0.267. The number of fused-ring (bicyclic) bond motifs is 1. The fourth-order valence-electron chi connectivity index (χ4n) is 5.54. The van der Waals surface area contributed by atoms with Gasteiger partial charge in [-0.2, -0.15) is 4.98 Å². The van der Waals surface area contributed by atoms with Crippen molar-refractivity contribution in [3.63, 3.8) is 0 Å². The summed E-state index contributed by atoms with van der Waals surface area (Å²) in [5, 5.41) is 0. The molecule has 1 aromatic heterocycles. The topological polar surface area (TPSA) is 116 Å². The van der Waals surface area contributed by atoms with Gasteiger partial charge in [0.2, 0.25) is 6.12 Å². The number of thiol groups is 1. The van der Waals surface area contributed by atoms with Gasteiger partial charge in [0.1, 0.15) is 29.0 Å². The molecule has 0 bridgehead atoms. The van der Waals surface area contributed by atoms with E-state index in [2.05, 4.69) is 17.2 Å². The van der Waals surface area contributed by atoms with Crippen LogP contribution in [0.15, 0.2) is 95.9 Å². The molecule has 2 saturated heterocycles. The zero-order chi connectivity index (χ0) is 30.2. The third-order valence-corrected chi connectivity index (χ3v) is 9.66. The number of anilines is 1. The van der Waals surface area contributed by atoms with Gasteiger partial charge in [0.25, 0.3) is 0 Å². The van der Waals surface area contributed by atoms with Crippen molar-refractivity contribution in [2.45, 2.75) is 30.1 Å². The Bertz CT molecular complexity index is 1580. The number of nitrogens with zero attached hydrogens (tertiary/aromatic N) is 2. The predicted molar refractivity (Wildman–Crippen MR) is 168 cm³/mol. The molecule has 3 aromatic carbocycles. The lowest BCUT2D eigenvalue weighted by molar-refractivity contribution is -0.0965. The van der Waals surface area contributed by atoms with Gasteiger partial charge < -0.3 is 36.9 Å². The Kier molecular flexibility index (Phi) is 8.45. The van der Waals surface area contributed by atoms with Crippen LogP contribution in [-0.2, 0) is 36.4 Å². The first kappa shape index (κ1) is 30.0. The summed E-state index contributed by atoms with van der Waals surface area (Å²) in [7, 11) is 3.25. The van der Waals surface area contributed by atoms with Gasteiger partial charge >= 0.3 is 5.69 Å². The summed E-state index contributed by atoms with van der Waals surface area (Å²) in [6.45, 7) is 0.0498. The maximum absolute atomic E-state index is 12.8. The number of hydrogen-bond donors (Lipinski definition) is 2. The van der Waals surface area contributed by atoms with Crippen LogP contribution in [0.2, 0.25) is 0 Å². The van der Waals surface area contributed by atoms with Gasteiger partial charge in [0.15, 0.2) is 18.4 Å². The molecule has 224 valence electrons. The van der Waals surface area contributed by atoms with Crippen LogP contribution in [0.3, 0.4) is 0 Å². The van der Waals surface area contributed by atoms with E-state index in [9.17, 15) is 4.79 Å². The van der Waals surface area contributed by atoms with Crippen LogP contribution in [0.4, 0.5) is 5.82 Å². The van der Waals surface area contributed by atoms with E-state index in [4.69, 9.17) is 46.0 Å². The van der Waals surface area contributed by atoms with Crippen molar-refractivity contribution < 1.29 is 28.0 Å².